The SMILES string of the molecule is Cc1ccc(C(=O)NC(C)CCc2ccccc2)cc1. The second-order valence-corrected chi connectivity index (χ2v) is 5.26. The van der Waals surface area contributed by atoms with Gasteiger partial charge in [-0.2, -0.15) is 0 Å². The monoisotopic (exact) mass is 267 g/mol. The molecule has 0 heterocycles. The third kappa shape index (κ3) is 4.23. The maximum Gasteiger partial charge on any atom is 0.251 e. The Kier molecular flexibility index (Phi) is 4.94. The van der Waals surface area contributed by atoms with Crippen LogP contribution in [-0.2, 0) is 6.42 Å². The van der Waals surface area contributed by atoms with Crippen LogP contribution in [0.2, 0.25) is 0 Å². The van der Waals surface area contributed by atoms with Crippen molar-refractivity contribution in [1.82, 2.24) is 5.32 Å². The smallest absolute Gasteiger partial charge is 0.251 e. The fourth-order valence-electron chi connectivity index (χ4n) is 2.11. The summed E-state index contributed by atoms with van der Waals surface area (Å²) in [6.07, 6.45) is 1.93. The molecule has 104 valence electrons. The summed E-state index contributed by atoms with van der Waals surface area (Å²) in [6.45, 7) is 4.07. The summed E-state index contributed by atoms with van der Waals surface area (Å²) in [5.74, 6) is 0.00515. The highest BCUT2D eigenvalue weighted by Gasteiger charge is 2.09. The molecule has 0 aliphatic rings. The van der Waals surface area contributed by atoms with Crippen molar-refractivity contribution in [2.45, 2.75) is 32.7 Å². The predicted octanol–water partition coefficient (Wildman–Crippen LogP) is 3.75. The number of nitrogens with one attached hydrogen (secondary N) is 1. The number of aryl methyl sites for hydroxylation is 2. The topological polar surface area (TPSA) is 29.1 Å². The van der Waals surface area contributed by atoms with Gasteiger partial charge in [-0.1, -0.05) is 48.0 Å². The van der Waals surface area contributed by atoms with Crippen molar-refractivity contribution >= 4 is 5.91 Å². The van der Waals surface area contributed by atoms with E-state index in [9.17, 15) is 4.79 Å². The molecule has 2 aromatic rings. The molecule has 1 amide bonds. The summed E-state index contributed by atoms with van der Waals surface area (Å²) >= 11 is 0. The van der Waals surface area contributed by atoms with Gasteiger partial charge in [-0.15, -0.1) is 0 Å². The Hall–Kier alpha value is -2.09. The van der Waals surface area contributed by atoms with E-state index in [1.807, 2.05) is 49.4 Å². The van der Waals surface area contributed by atoms with Crippen LogP contribution in [0.5, 0.6) is 0 Å². The van der Waals surface area contributed by atoms with Crippen molar-refractivity contribution in [2.75, 3.05) is 0 Å². The summed E-state index contributed by atoms with van der Waals surface area (Å²) < 4.78 is 0. The normalized spacial score (nSPS) is 11.9. The number of hydrogen-bond acceptors (Lipinski definition) is 1. The number of carbonyl (C=O) groups excluding carboxylic acids is 1. The van der Waals surface area contributed by atoms with Gasteiger partial charge in [-0.25, -0.2) is 0 Å². The van der Waals surface area contributed by atoms with E-state index in [1.165, 1.54) is 11.1 Å². The van der Waals surface area contributed by atoms with Gasteiger partial charge in [-0.05, 0) is 44.4 Å². The molecule has 0 bridgehead atoms. The van der Waals surface area contributed by atoms with Crippen LogP contribution in [0.15, 0.2) is 54.6 Å². The van der Waals surface area contributed by atoms with Crippen molar-refractivity contribution in [2.24, 2.45) is 0 Å². The molecule has 20 heavy (non-hydrogen) atoms. The van der Waals surface area contributed by atoms with Crippen LogP contribution in [-0.4, -0.2) is 11.9 Å². The summed E-state index contributed by atoms with van der Waals surface area (Å²) in [5, 5.41) is 3.05. The van der Waals surface area contributed by atoms with Crippen LogP contribution in [0.3, 0.4) is 0 Å². The molecule has 1 atom stereocenters. The van der Waals surface area contributed by atoms with Crippen molar-refractivity contribution in [1.29, 1.82) is 0 Å². The van der Waals surface area contributed by atoms with Gasteiger partial charge in [-0.3, -0.25) is 4.79 Å². The van der Waals surface area contributed by atoms with E-state index in [2.05, 4.69) is 24.4 Å². The van der Waals surface area contributed by atoms with E-state index >= 15 is 0 Å². The molecular formula is C18H21NO. The van der Waals surface area contributed by atoms with Gasteiger partial charge >= 0.3 is 0 Å². The van der Waals surface area contributed by atoms with Gasteiger partial charge < -0.3 is 5.32 Å². The van der Waals surface area contributed by atoms with E-state index in [0.717, 1.165) is 18.4 Å². The molecule has 0 aliphatic carbocycles. The molecule has 0 aromatic heterocycles. The zero-order chi connectivity index (χ0) is 14.4. The fourth-order valence-corrected chi connectivity index (χ4v) is 2.11. The Morgan fingerprint density at radius 2 is 1.70 bits per heavy atom. The first-order chi connectivity index (χ1) is 9.65. The average Bonchev–Trinajstić information content (AvgIpc) is 2.47. The summed E-state index contributed by atoms with van der Waals surface area (Å²) in [4.78, 5) is 12.1. The van der Waals surface area contributed by atoms with E-state index < -0.39 is 0 Å². The molecule has 0 radical (unpaired) electrons. The molecule has 0 spiro atoms. The summed E-state index contributed by atoms with van der Waals surface area (Å²) in [7, 11) is 0. The van der Waals surface area contributed by atoms with Gasteiger partial charge in [0.25, 0.3) is 5.91 Å². The Morgan fingerprint density at radius 3 is 2.35 bits per heavy atom. The first-order valence-corrected chi connectivity index (χ1v) is 7.06. The fraction of sp³-hybridized carbons (Fsp3) is 0.278. The molecule has 2 heteroatoms. The van der Waals surface area contributed by atoms with Gasteiger partial charge in [0.05, 0.1) is 0 Å². The minimum absolute atomic E-state index is 0.00515. The van der Waals surface area contributed by atoms with Gasteiger partial charge in [0.1, 0.15) is 0 Å². The standard InChI is InChI=1S/C18H21NO/c1-14-8-12-17(13-9-14)18(20)19-15(2)10-11-16-6-4-3-5-7-16/h3-9,12-13,15H,10-11H2,1-2H3,(H,19,20). The van der Waals surface area contributed by atoms with E-state index in [1.54, 1.807) is 0 Å². The largest absolute Gasteiger partial charge is 0.350 e. The Morgan fingerprint density at radius 1 is 1.05 bits per heavy atom. The third-order valence-electron chi connectivity index (χ3n) is 3.40. The lowest BCUT2D eigenvalue weighted by molar-refractivity contribution is 0.0938. The first-order valence-electron chi connectivity index (χ1n) is 7.06. The Balaban J connectivity index is 1.83. The third-order valence-corrected chi connectivity index (χ3v) is 3.40. The van der Waals surface area contributed by atoms with E-state index in [4.69, 9.17) is 0 Å². The lowest BCUT2D eigenvalue weighted by Gasteiger charge is -2.14. The molecule has 2 nitrogen and oxygen atoms in total. The summed E-state index contributed by atoms with van der Waals surface area (Å²) in [5.41, 5.74) is 3.20. The number of amides is 1. The number of hydrogen-bond donors (Lipinski definition) is 1. The molecule has 0 fully saturated rings. The van der Waals surface area contributed by atoms with Crippen molar-refractivity contribution in [3.8, 4) is 0 Å². The van der Waals surface area contributed by atoms with Crippen LogP contribution in [0.25, 0.3) is 0 Å². The maximum absolute atomic E-state index is 12.1. The van der Waals surface area contributed by atoms with Gasteiger partial charge in [0.2, 0.25) is 0 Å². The molecule has 1 unspecified atom stereocenters. The lowest BCUT2D eigenvalue weighted by atomic mass is 10.1. The summed E-state index contributed by atoms with van der Waals surface area (Å²) in [6, 6.07) is 18.2. The lowest BCUT2D eigenvalue weighted by Crippen LogP contribution is -2.32. The average molecular weight is 267 g/mol. The molecule has 2 rings (SSSR count). The highest BCUT2D eigenvalue weighted by Crippen LogP contribution is 2.07. The van der Waals surface area contributed by atoms with Crippen LogP contribution in [0, 0.1) is 6.92 Å². The quantitative estimate of drug-likeness (QED) is 0.878. The van der Waals surface area contributed by atoms with E-state index in [0.29, 0.717) is 0 Å². The number of benzene rings is 2. The van der Waals surface area contributed by atoms with Crippen molar-refractivity contribution < 1.29 is 4.79 Å². The van der Waals surface area contributed by atoms with Crippen LogP contribution >= 0.6 is 0 Å². The predicted molar refractivity (Wildman–Crippen MR) is 82.9 cm³/mol. The van der Waals surface area contributed by atoms with E-state index in [-0.39, 0.29) is 11.9 Å². The minimum atomic E-state index is 0.00515. The Bertz CT molecular complexity index is 545. The molecule has 2 aromatic carbocycles. The molecular weight excluding hydrogens is 246 g/mol. The maximum atomic E-state index is 12.1. The van der Waals surface area contributed by atoms with Gasteiger partial charge in [0.15, 0.2) is 0 Å². The highest BCUT2D eigenvalue weighted by molar-refractivity contribution is 5.94. The van der Waals surface area contributed by atoms with Crippen LogP contribution in [0.1, 0.15) is 34.8 Å². The zero-order valence-electron chi connectivity index (χ0n) is 12.1. The number of carbonyl (C=O) groups is 1. The second kappa shape index (κ2) is 6.90. The van der Waals surface area contributed by atoms with Crippen LogP contribution < -0.4 is 5.32 Å². The Labute approximate surface area is 120 Å². The first kappa shape index (κ1) is 14.3. The molecule has 0 aliphatic heterocycles. The van der Waals surface area contributed by atoms with Crippen molar-refractivity contribution in [3.05, 3.63) is 71.3 Å². The molecule has 0 saturated heterocycles. The van der Waals surface area contributed by atoms with Crippen LogP contribution in [0.4, 0.5) is 0 Å². The number of rotatable bonds is 5. The van der Waals surface area contributed by atoms with Gasteiger partial charge in [0, 0.05) is 11.6 Å². The zero-order valence-corrected chi connectivity index (χ0v) is 12.1. The molecule has 1 N–H and O–H groups in total. The minimum Gasteiger partial charge on any atom is -0.350 e. The van der Waals surface area contributed by atoms with Crippen molar-refractivity contribution in [3.63, 3.8) is 0 Å². The second-order valence-electron chi connectivity index (χ2n) is 5.26. The molecule has 0 saturated carbocycles. The highest BCUT2D eigenvalue weighted by atomic mass is 16.1.